The minimum Gasteiger partial charge on any atom is -0.369 e. The molecule has 2 rings (SSSR count). The second-order valence-electron chi connectivity index (χ2n) is 3.91. The number of hydrogen-bond acceptors (Lipinski definition) is 5. The Hall–Kier alpha value is -0.470. The zero-order valence-electron chi connectivity index (χ0n) is 10.7. The Kier molecular flexibility index (Phi) is 5.35. The standard InChI is InChI=1S/C12H14ClIN4S/c1-3-5-7-9(14)10(15-4-2)18-11(17-7)12-16-6-8(13)19-12/h6H,3-5H2,1-2H3,(H,15,17,18). The predicted molar refractivity (Wildman–Crippen MR) is 89.0 cm³/mol. The van der Waals surface area contributed by atoms with Gasteiger partial charge in [0.25, 0.3) is 0 Å². The molecule has 0 aliphatic carbocycles. The van der Waals surface area contributed by atoms with E-state index in [1.807, 2.05) is 0 Å². The summed E-state index contributed by atoms with van der Waals surface area (Å²) >= 11 is 9.62. The van der Waals surface area contributed by atoms with Gasteiger partial charge in [0.1, 0.15) is 10.2 Å². The van der Waals surface area contributed by atoms with E-state index in [2.05, 4.69) is 56.7 Å². The van der Waals surface area contributed by atoms with Crippen LogP contribution in [0.15, 0.2) is 6.20 Å². The molecular weight excluding hydrogens is 395 g/mol. The van der Waals surface area contributed by atoms with Crippen LogP contribution in [0.1, 0.15) is 26.0 Å². The molecule has 4 nitrogen and oxygen atoms in total. The van der Waals surface area contributed by atoms with Gasteiger partial charge in [0.05, 0.1) is 15.5 Å². The number of thiazole rings is 1. The van der Waals surface area contributed by atoms with Crippen LogP contribution in [0.5, 0.6) is 0 Å². The third-order valence-electron chi connectivity index (χ3n) is 2.42. The molecule has 19 heavy (non-hydrogen) atoms. The highest BCUT2D eigenvalue weighted by Crippen LogP contribution is 2.29. The number of rotatable bonds is 5. The topological polar surface area (TPSA) is 50.7 Å². The maximum Gasteiger partial charge on any atom is 0.191 e. The zero-order valence-corrected chi connectivity index (χ0v) is 14.4. The summed E-state index contributed by atoms with van der Waals surface area (Å²) in [4.78, 5) is 13.4. The van der Waals surface area contributed by atoms with Gasteiger partial charge in [0.15, 0.2) is 10.8 Å². The summed E-state index contributed by atoms with van der Waals surface area (Å²) in [7, 11) is 0. The molecule has 0 radical (unpaired) electrons. The summed E-state index contributed by atoms with van der Waals surface area (Å²) in [6, 6.07) is 0. The van der Waals surface area contributed by atoms with Gasteiger partial charge in [-0.3, -0.25) is 0 Å². The molecule has 0 aliphatic rings. The van der Waals surface area contributed by atoms with Crippen molar-refractivity contribution in [3.8, 4) is 10.8 Å². The van der Waals surface area contributed by atoms with E-state index in [4.69, 9.17) is 11.6 Å². The number of nitrogens with one attached hydrogen (secondary N) is 1. The van der Waals surface area contributed by atoms with Gasteiger partial charge >= 0.3 is 0 Å². The Morgan fingerprint density at radius 1 is 1.37 bits per heavy atom. The minimum atomic E-state index is 0.650. The lowest BCUT2D eigenvalue weighted by molar-refractivity contribution is 0.866. The summed E-state index contributed by atoms with van der Waals surface area (Å²) in [5, 5.41) is 4.04. The number of halogens is 2. The summed E-state index contributed by atoms with van der Waals surface area (Å²) in [5.74, 6) is 1.53. The lowest BCUT2D eigenvalue weighted by Gasteiger charge is -2.10. The van der Waals surface area contributed by atoms with Gasteiger partial charge in [-0.25, -0.2) is 15.0 Å². The van der Waals surface area contributed by atoms with E-state index in [-0.39, 0.29) is 0 Å². The van der Waals surface area contributed by atoms with Crippen molar-refractivity contribution in [2.45, 2.75) is 26.7 Å². The van der Waals surface area contributed by atoms with Gasteiger partial charge in [0, 0.05) is 6.54 Å². The molecule has 0 amide bonds. The van der Waals surface area contributed by atoms with Crippen LogP contribution in [-0.2, 0) is 6.42 Å². The third-order valence-corrected chi connectivity index (χ3v) is 4.66. The first-order valence-electron chi connectivity index (χ1n) is 6.07. The lowest BCUT2D eigenvalue weighted by Crippen LogP contribution is -2.08. The van der Waals surface area contributed by atoms with Crippen LogP contribution in [0.3, 0.4) is 0 Å². The van der Waals surface area contributed by atoms with Crippen LogP contribution in [-0.4, -0.2) is 21.5 Å². The van der Waals surface area contributed by atoms with E-state index in [0.717, 1.165) is 39.5 Å². The smallest absolute Gasteiger partial charge is 0.191 e. The average molecular weight is 409 g/mol. The fourth-order valence-corrected chi connectivity index (χ4v) is 3.18. The quantitative estimate of drug-likeness (QED) is 0.752. The van der Waals surface area contributed by atoms with Crippen molar-refractivity contribution >= 4 is 51.3 Å². The largest absolute Gasteiger partial charge is 0.369 e. The number of anilines is 1. The first-order valence-corrected chi connectivity index (χ1v) is 8.35. The molecule has 0 bridgehead atoms. The molecule has 0 saturated heterocycles. The monoisotopic (exact) mass is 408 g/mol. The third kappa shape index (κ3) is 3.55. The highest BCUT2D eigenvalue weighted by molar-refractivity contribution is 14.1. The van der Waals surface area contributed by atoms with Crippen molar-refractivity contribution in [2.24, 2.45) is 0 Å². The van der Waals surface area contributed by atoms with E-state index in [9.17, 15) is 0 Å². The van der Waals surface area contributed by atoms with Gasteiger partial charge in [-0.2, -0.15) is 0 Å². The van der Waals surface area contributed by atoms with Gasteiger partial charge in [0.2, 0.25) is 0 Å². The molecule has 0 atom stereocenters. The highest BCUT2D eigenvalue weighted by Gasteiger charge is 2.14. The fourth-order valence-electron chi connectivity index (χ4n) is 1.63. The van der Waals surface area contributed by atoms with Crippen molar-refractivity contribution in [3.05, 3.63) is 19.8 Å². The number of hydrogen-bond donors (Lipinski definition) is 1. The minimum absolute atomic E-state index is 0.650. The molecule has 0 unspecified atom stereocenters. The molecule has 102 valence electrons. The van der Waals surface area contributed by atoms with E-state index < -0.39 is 0 Å². The molecule has 0 saturated carbocycles. The number of aryl methyl sites for hydroxylation is 1. The summed E-state index contributed by atoms with van der Waals surface area (Å²) in [5.41, 5.74) is 1.07. The van der Waals surface area contributed by atoms with Crippen LogP contribution in [0.2, 0.25) is 4.34 Å². The molecule has 2 heterocycles. The zero-order chi connectivity index (χ0) is 13.8. The molecule has 2 aromatic heterocycles. The molecule has 0 aromatic carbocycles. The maximum absolute atomic E-state index is 5.93. The van der Waals surface area contributed by atoms with E-state index in [1.54, 1.807) is 6.20 Å². The van der Waals surface area contributed by atoms with E-state index >= 15 is 0 Å². The van der Waals surface area contributed by atoms with Crippen molar-refractivity contribution < 1.29 is 0 Å². The first-order chi connectivity index (χ1) is 9.15. The van der Waals surface area contributed by atoms with Crippen LogP contribution >= 0.6 is 45.5 Å². The Labute approximate surface area is 135 Å². The molecular formula is C12H14ClIN4S. The lowest BCUT2D eigenvalue weighted by atomic mass is 10.2. The molecule has 0 aliphatic heterocycles. The van der Waals surface area contributed by atoms with E-state index in [1.165, 1.54) is 11.3 Å². The summed E-state index contributed by atoms with van der Waals surface area (Å²) < 4.78 is 1.74. The van der Waals surface area contributed by atoms with Crippen molar-refractivity contribution in [2.75, 3.05) is 11.9 Å². The van der Waals surface area contributed by atoms with Gasteiger partial charge < -0.3 is 5.32 Å². The van der Waals surface area contributed by atoms with Gasteiger partial charge in [-0.05, 0) is 35.9 Å². The fraction of sp³-hybridized carbons (Fsp3) is 0.417. The summed E-state index contributed by atoms with van der Waals surface area (Å²) in [6.07, 6.45) is 3.62. The van der Waals surface area contributed by atoms with Crippen LogP contribution in [0.4, 0.5) is 5.82 Å². The molecule has 0 fully saturated rings. The first kappa shape index (κ1) is 14.9. The van der Waals surface area contributed by atoms with Gasteiger partial charge in [-0.1, -0.05) is 36.3 Å². The normalized spacial score (nSPS) is 10.7. The second-order valence-corrected chi connectivity index (χ2v) is 6.65. The Morgan fingerprint density at radius 3 is 2.74 bits per heavy atom. The number of aromatic nitrogens is 3. The maximum atomic E-state index is 5.93. The van der Waals surface area contributed by atoms with Crippen LogP contribution in [0.25, 0.3) is 10.8 Å². The highest BCUT2D eigenvalue weighted by atomic mass is 127. The van der Waals surface area contributed by atoms with Crippen molar-refractivity contribution in [1.29, 1.82) is 0 Å². The van der Waals surface area contributed by atoms with Crippen molar-refractivity contribution in [1.82, 2.24) is 15.0 Å². The van der Waals surface area contributed by atoms with Crippen LogP contribution in [0, 0.1) is 3.57 Å². The molecule has 7 heteroatoms. The van der Waals surface area contributed by atoms with Crippen LogP contribution < -0.4 is 5.32 Å². The molecule has 2 aromatic rings. The van der Waals surface area contributed by atoms with Gasteiger partial charge in [-0.15, -0.1) is 0 Å². The SMILES string of the molecule is CCCc1nc(-c2ncc(Cl)s2)nc(NCC)c1I. The Balaban J connectivity index is 2.48. The molecule has 1 N–H and O–H groups in total. The molecule has 0 spiro atoms. The van der Waals surface area contributed by atoms with E-state index in [0.29, 0.717) is 10.2 Å². The Morgan fingerprint density at radius 2 is 2.16 bits per heavy atom. The Bertz CT molecular complexity index is 546. The van der Waals surface area contributed by atoms with Crippen molar-refractivity contribution in [3.63, 3.8) is 0 Å². The number of nitrogens with zero attached hydrogens (tertiary/aromatic N) is 3. The predicted octanol–water partition coefficient (Wildman–Crippen LogP) is 4.24. The average Bonchev–Trinajstić information content (AvgIpc) is 2.81. The summed E-state index contributed by atoms with van der Waals surface area (Å²) in [6.45, 7) is 5.03. The second kappa shape index (κ2) is 6.81.